The van der Waals surface area contributed by atoms with Crippen molar-refractivity contribution < 1.29 is 28.6 Å². The highest BCUT2D eigenvalue weighted by Gasteiger charge is 2.43. The standard InChI is InChI=1S/C15H15ClFN3O3S2.C15H19N3O3/c1-23-13(21)8-24-12-7-11(10(17)6-9(12)16)18-14-19-4-2-3-5-20(19)15(22)25-14;1-5-9-6-10(13(19)20)11(16-7-9)12-17-14(21)15(4,18-12)8(2)3/h6-7H,2-5,8H2,1H3;6-8H,5H2,1-4H3,(H,19,20)(H,17,18,21)/b18-14-;. The number of esters is 1. The maximum Gasteiger partial charge on any atom is 0.338 e. The number of rotatable bonds is 8. The van der Waals surface area contributed by atoms with Crippen LogP contribution < -0.4 is 15.0 Å². The van der Waals surface area contributed by atoms with Gasteiger partial charge >= 0.3 is 16.8 Å². The van der Waals surface area contributed by atoms with Gasteiger partial charge in [-0.25, -0.2) is 23.9 Å². The minimum Gasteiger partial charge on any atom is -0.478 e. The van der Waals surface area contributed by atoms with Gasteiger partial charge < -0.3 is 15.2 Å². The molecule has 1 aromatic carbocycles. The molecule has 0 spiro atoms. The fourth-order valence-electron chi connectivity index (χ4n) is 4.53. The zero-order valence-corrected chi connectivity index (χ0v) is 28.3. The number of thioether (sulfide) groups is 1. The topological polar surface area (TPSA) is 157 Å². The SMILES string of the molecule is CCc1cnc(C2=NC(C)(C(C)C)C(=O)N2)c(C(=O)O)c1.COC(=O)CSc1cc(/N=c2\sc(=O)n3n2CCCC3)c(F)cc1Cl. The number of aromatic carboxylic acids is 1. The maximum absolute atomic E-state index is 14.3. The number of aliphatic imine (C=N–C) groups is 1. The second-order valence-corrected chi connectivity index (χ2v) is 13.3. The summed E-state index contributed by atoms with van der Waals surface area (Å²) < 4.78 is 22.3. The predicted molar refractivity (Wildman–Crippen MR) is 174 cm³/mol. The molecule has 246 valence electrons. The number of benzene rings is 1. The molecule has 0 radical (unpaired) electrons. The van der Waals surface area contributed by atoms with Gasteiger partial charge in [0, 0.05) is 24.2 Å². The number of pyridine rings is 1. The third-order valence-corrected chi connectivity index (χ3v) is 9.97. The number of carbonyl (C=O) groups is 3. The normalized spacial score (nSPS) is 17.6. The number of carbonyl (C=O) groups excluding carboxylic acids is 2. The molecule has 0 fully saturated rings. The number of nitrogens with one attached hydrogen (secondary N) is 1. The number of hydrogen-bond donors (Lipinski definition) is 2. The van der Waals surface area contributed by atoms with Crippen molar-refractivity contribution in [1.82, 2.24) is 19.7 Å². The van der Waals surface area contributed by atoms with Crippen LogP contribution in [-0.2, 0) is 33.8 Å². The van der Waals surface area contributed by atoms with Crippen LogP contribution in [0.2, 0.25) is 5.02 Å². The van der Waals surface area contributed by atoms with E-state index >= 15 is 0 Å². The van der Waals surface area contributed by atoms with Gasteiger partial charge in [-0.1, -0.05) is 32.4 Å². The van der Waals surface area contributed by atoms with Crippen molar-refractivity contribution in [2.45, 2.75) is 70.5 Å². The Morgan fingerprint density at radius 1 is 1.24 bits per heavy atom. The smallest absolute Gasteiger partial charge is 0.338 e. The van der Waals surface area contributed by atoms with E-state index in [1.807, 2.05) is 20.8 Å². The van der Waals surface area contributed by atoms with Gasteiger partial charge in [-0.3, -0.25) is 24.0 Å². The lowest BCUT2D eigenvalue weighted by Crippen LogP contribution is -2.41. The van der Waals surface area contributed by atoms with Crippen LogP contribution in [0.1, 0.15) is 62.2 Å². The second kappa shape index (κ2) is 14.7. The Morgan fingerprint density at radius 2 is 1.93 bits per heavy atom. The molecule has 4 heterocycles. The quantitative estimate of drug-likeness (QED) is 0.259. The molecule has 0 aliphatic carbocycles. The molecule has 2 N–H and O–H groups in total. The second-order valence-electron chi connectivity index (χ2n) is 10.9. The molecule has 3 aromatic rings. The first-order valence-corrected chi connectivity index (χ1v) is 16.6. The maximum atomic E-state index is 14.3. The largest absolute Gasteiger partial charge is 0.478 e. The number of amides is 1. The number of ether oxygens (including phenoxy) is 1. The fraction of sp³-hybridized carbons (Fsp3) is 0.433. The Bertz CT molecular complexity index is 1830. The molecule has 1 unspecified atom stereocenters. The summed E-state index contributed by atoms with van der Waals surface area (Å²) in [6.45, 7) is 8.79. The third kappa shape index (κ3) is 7.58. The molecule has 2 aliphatic heterocycles. The molecule has 0 bridgehead atoms. The first kappa shape index (κ1) is 35.0. The minimum atomic E-state index is -1.08. The van der Waals surface area contributed by atoms with Crippen molar-refractivity contribution in [2.24, 2.45) is 15.9 Å². The van der Waals surface area contributed by atoms with Crippen LogP contribution in [0.5, 0.6) is 0 Å². The summed E-state index contributed by atoms with van der Waals surface area (Å²) in [5.41, 5.74) is 0.280. The molecule has 1 atom stereocenters. The Morgan fingerprint density at radius 3 is 2.54 bits per heavy atom. The molecular formula is C30H34ClFN6O6S2. The van der Waals surface area contributed by atoms with Crippen LogP contribution in [-0.4, -0.2) is 61.5 Å². The molecule has 46 heavy (non-hydrogen) atoms. The predicted octanol–water partition coefficient (Wildman–Crippen LogP) is 4.43. The summed E-state index contributed by atoms with van der Waals surface area (Å²) >= 11 is 8.17. The summed E-state index contributed by atoms with van der Waals surface area (Å²) in [6.07, 6.45) is 4.20. The van der Waals surface area contributed by atoms with Gasteiger partial charge in [0.15, 0.2) is 5.84 Å². The molecule has 12 nitrogen and oxygen atoms in total. The van der Waals surface area contributed by atoms with E-state index in [0.29, 0.717) is 29.2 Å². The van der Waals surface area contributed by atoms with Crippen molar-refractivity contribution in [1.29, 1.82) is 0 Å². The Hall–Kier alpha value is -3.82. The highest BCUT2D eigenvalue weighted by molar-refractivity contribution is 8.00. The number of amidine groups is 1. The Kier molecular flexibility index (Phi) is 11.2. The number of fused-ring (bicyclic) bond motifs is 1. The van der Waals surface area contributed by atoms with Gasteiger partial charge in [-0.15, -0.1) is 11.8 Å². The van der Waals surface area contributed by atoms with Crippen LogP contribution in [0.15, 0.2) is 44.1 Å². The van der Waals surface area contributed by atoms with Crippen LogP contribution in [0.25, 0.3) is 0 Å². The lowest BCUT2D eigenvalue weighted by molar-refractivity contribution is -0.137. The van der Waals surface area contributed by atoms with E-state index in [1.165, 1.54) is 13.2 Å². The van der Waals surface area contributed by atoms with Crippen LogP contribution >= 0.6 is 34.7 Å². The van der Waals surface area contributed by atoms with E-state index in [4.69, 9.17) is 11.6 Å². The van der Waals surface area contributed by atoms with E-state index in [-0.39, 0.29) is 50.3 Å². The van der Waals surface area contributed by atoms with Gasteiger partial charge in [0.25, 0.3) is 5.91 Å². The van der Waals surface area contributed by atoms with E-state index in [1.54, 1.807) is 28.6 Å². The van der Waals surface area contributed by atoms with Crippen molar-refractivity contribution in [2.75, 3.05) is 12.9 Å². The third-order valence-electron chi connectivity index (χ3n) is 7.65. The van der Waals surface area contributed by atoms with E-state index in [0.717, 1.165) is 47.6 Å². The summed E-state index contributed by atoms with van der Waals surface area (Å²) in [5, 5.41) is 12.2. The van der Waals surface area contributed by atoms with Crippen molar-refractivity contribution in [3.8, 4) is 0 Å². The van der Waals surface area contributed by atoms with Crippen LogP contribution in [0.3, 0.4) is 0 Å². The molecule has 5 rings (SSSR count). The number of methoxy groups -OCH3 is 1. The number of aryl methyl sites for hydroxylation is 1. The summed E-state index contributed by atoms with van der Waals surface area (Å²) in [4.78, 5) is 60.6. The van der Waals surface area contributed by atoms with Crippen LogP contribution in [0, 0.1) is 11.7 Å². The molecule has 0 saturated carbocycles. The van der Waals surface area contributed by atoms with Gasteiger partial charge in [0.05, 0.1) is 23.4 Å². The fourth-order valence-corrected chi connectivity index (χ4v) is 6.52. The monoisotopic (exact) mass is 692 g/mol. The van der Waals surface area contributed by atoms with Crippen molar-refractivity contribution in [3.63, 3.8) is 0 Å². The highest BCUT2D eigenvalue weighted by atomic mass is 35.5. The summed E-state index contributed by atoms with van der Waals surface area (Å²) in [7, 11) is 1.30. The number of carboxylic acid groups (broad SMARTS) is 1. The number of halogens is 2. The minimum absolute atomic E-state index is 0.00167. The first-order chi connectivity index (χ1) is 21.8. The van der Waals surface area contributed by atoms with E-state index < -0.39 is 23.3 Å². The summed E-state index contributed by atoms with van der Waals surface area (Å²) in [5.74, 6) is -2.00. The Balaban J connectivity index is 0.000000212. The molecule has 1 amide bonds. The number of aromatic nitrogens is 3. The molecular weight excluding hydrogens is 659 g/mol. The van der Waals surface area contributed by atoms with Gasteiger partial charge in [-0.05, 0) is 67.2 Å². The zero-order valence-electron chi connectivity index (χ0n) is 25.9. The lowest BCUT2D eigenvalue weighted by atomic mass is 9.89. The van der Waals surface area contributed by atoms with Gasteiger partial charge in [-0.2, -0.15) is 0 Å². The van der Waals surface area contributed by atoms with Gasteiger partial charge in [0.1, 0.15) is 22.7 Å². The molecule has 2 aliphatic rings. The molecule has 16 heteroatoms. The lowest BCUT2D eigenvalue weighted by Gasteiger charge is -2.21. The average Bonchev–Trinajstić information content (AvgIpc) is 3.52. The zero-order chi connectivity index (χ0) is 33.8. The highest BCUT2D eigenvalue weighted by Crippen LogP contribution is 2.33. The van der Waals surface area contributed by atoms with E-state index in [2.05, 4.69) is 25.0 Å². The first-order valence-electron chi connectivity index (χ1n) is 14.5. The number of nitrogens with zero attached hydrogens (tertiary/aromatic N) is 5. The van der Waals surface area contributed by atoms with E-state index in [9.17, 15) is 28.7 Å². The number of carboxylic acids is 1. The van der Waals surface area contributed by atoms with Gasteiger partial charge in [0.2, 0.25) is 4.80 Å². The average molecular weight is 693 g/mol. The van der Waals surface area contributed by atoms with Crippen LogP contribution in [0.4, 0.5) is 10.1 Å². The Labute approximate surface area is 277 Å². The number of hydrogen-bond acceptors (Lipinski definition) is 10. The van der Waals surface area contributed by atoms with Crippen molar-refractivity contribution in [3.05, 3.63) is 66.5 Å². The summed E-state index contributed by atoms with van der Waals surface area (Å²) in [6, 6.07) is 4.22. The molecule has 0 saturated heterocycles. The molecule has 2 aromatic heterocycles. The van der Waals surface area contributed by atoms with Crippen molar-refractivity contribution >= 4 is 64.1 Å².